The molecule has 78 valence electrons. The maximum atomic E-state index is 11.6. The third-order valence-corrected chi connectivity index (χ3v) is 2.04. The third kappa shape index (κ3) is 2.88. The molecule has 0 bridgehead atoms. The minimum absolute atomic E-state index is 0.00912. The predicted octanol–water partition coefficient (Wildman–Crippen LogP) is 0.961. The topological polar surface area (TPSA) is 45.5 Å². The zero-order chi connectivity index (χ0) is 10.4. The number of hydrogen-bond acceptors (Lipinski definition) is 3. The van der Waals surface area contributed by atoms with Crippen molar-refractivity contribution < 1.29 is 9.21 Å². The van der Waals surface area contributed by atoms with E-state index >= 15 is 0 Å². The minimum Gasteiger partial charge on any atom is -0.472 e. The van der Waals surface area contributed by atoms with Crippen LogP contribution in [0, 0.1) is 0 Å². The Morgan fingerprint density at radius 1 is 1.64 bits per heavy atom. The van der Waals surface area contributed by atoms with Crippen molar-refractivity contribution in [3.63, 3.8) is 0 Å². The van der Waals surface area contributed by atoms with Crippen molar-refractivity contribution >= 4 is 5.91 Å². The molecule has 0 saturated heterocycles. The van der Waals surface area contributed by atoms with Crippen molar-refractivity contribution in [2.75, 3.05) is 27.2 Å². The minimum atomic E-state index is 0.00912. The molecular weight excluding hydrogens is 180 g/mol. The van der Waals surface area contributed by atoms with Gasteiger partial charge in [-0.3, -0.25) is 4.79 Å². The molecule has 1 rings (SSSR count). The summed E-state index contributed by atoms with van der Waals surface area (Å²) in [5.74, 6) is 0.00912. The van der Waals surface area contributed by atoms with Crippen molar-refractivity contribution in [2.45, 2.75) is 6.42 Å². The molecule has 0 unspecified atom stereocenters. The van der Waals surface area contributed by atoms with E-state index in [9.17, 15) is 4.79 Å². The van der Waals surface area contributed by atoms with Crippen LogP contribution >= 0.6 is 0 Å². The van der Waals surface area contributed by atoms with Crippen LogP contribution in [0.4, 0.5) is 0 Å². The number of rotatable bonds is 5. The lowest BCUT2D eigenvalue weighted by molar-refractivity contribution is 0.0793. The van der Waals surface area contributed by atoms with E-state index in [1.807, 2.05) is 7.05 Å². The molecule has 4 heteroatoms. The van der Waals surface area contributed by atoms with Gasteiger partial charge in [0.05, 0.1) is 11.8 Å². The van der Waals surface area contributed by atoms with E-state index in [1.165, 1.54) is 12.5 Å². The van der Waals surface area contributed by atoms with Gasteiger partial charge in [-0.15, -0.1) is 0 Å². The van der Waals surface area contributed by atoms with E-state index < -0.39 is 0 Å². The van der Waals surface area contributed by atoms with Crippen LogP contribution in [0.2, 0.25) is 0 Å². The molecule has 14 heavy (non-hydrogen) atoms. The van der Waals surface area contributed by atoms with Crippen molar-refractivity contribution in [1.82, 2.24) is 10.2 Å². The predicted molar refractivity (Wildman–Crippen MR) is 54.2 cm³/mol. The maximum Gasteiger partial charge on any atom is 0.256 e. The molecule has 0 saturated carbocycles. The Balaban J connectivity index is 2.37. The van der Waals surface area contributed by atoms with E-state index in [-0.39, 0.29) is 5.91 Å². The number of nitrogens with zero attached hydrogens (tertiary/aromatic N) is 1. The van der Waals surface area contributed by atoms with E-state index in [0.717, 1.165) is 19.5 Å². The largest absolute Gasteiger partial charge is 0.472 e. The van der Waals surface area contributed by atoms with E-state index in [0.29, 0.717) is 5.56 Å². The smallest absolute Gasteiger partial charge is 0.256 e. The van der Waals surface area contributed by atoms with Crippen LogP contribution in [0.25, 0.3) is 0 Å². The fraction of sp³-hybridized carbons (Fsp3) is 0.500. The van der Waals surface area contributed by atoms with E-state index in [2.05, 4.69) is 5.32 Å². The molecule has 1 heterocycles. The van der Waals surface area contributed by atoms with Crippen molar-refractivity contribution in [3.8, 4) is 0 Å². The van der Waals surface area contributed by atoms with Crippen LogP contribution in [0.1, 0.15) is 16.8 Å². The number of carbonyl (C=O) groups excluding carboxylic acids is 1. The molecule has 0 aliphatic carbocycles. The quantitative estimate of drug-likeness (QED) is 0.713. The molecule has 0 fully saturated rings. The van der Waals surface area contributed by atoms with Crippen LogP contribution < -0.4 is 5.32 Å². The average molecular weight is 196 g/mol. The lowest BCUT2D eigenvalue weighted by Crippen LogP contribution is -2.29. The van der Waals surface area contributed by atoms with Crippen LogP contribution in [0.5, 0.6) is 0 Å². The zero-order valence-electron chi connectivity index (χ0n) is 8.62. The normalized spacial score (nSPS) is 10.1. The Hall–Kier alpha value is -1.29. The molecule has 1 aromatic heterocycles. The molecule has 1 N–H and O–H groups in total. The van der Waals surface area contributed by atoms with Gasteiger partial charge in [0.15, 0.2) is 0 Å². The molecular formula is C10H16N2O2. The summed E-state index contributed by atoms with van der Waals surface area (Å²) in [4.78, 5) is 13.3. The molecule has 0 aliphatic rings. The van der Waals surface area contributed by atoms with Crippen molar-refractivity contribution in [2.24, 2.45) is 0 Å². The highest BCUT2D eigenvalue weighted by atomic mass is 16.3. The van der Waals surface area contributed by atoms with Gasteiger partial charge in [0.25, 0.3) is 5.91 Å². The van der Waals surface area contributed by atoms with Gasteiger partial charge in [-0.2, -0.15) is 0 Å². The first-order chi connectivity index (χ1) is 6.75. The Bertz CT molecular complexity index is 270. The number of furan rings is 1. The third-order valence-electron chi connectivity index (χ3n) is 2.04. The summed E-state index contributed by atoms with van der Waals surface area (Å²) in [6.45, 7) is 1.67. The number of hydrogen-bond donors (Lipinski definition) is 1. The Kier molecular flexibility index (Phi) is 4.19. The van der Waals surface area contributed by atoms with E-state index in [4.69, 9.17) is 4.42 Å². The summed E-state index contributed by atoms with van der Waals surface area (Å²) in [6.07, 6.45) is 3.93. The van der Waals surface area contributed by atoms with Crippen molar-refractivity contribution in [3.05, 3.63) is 24.2 Å². The SMILES string of the molecule is CNCCCN(C)C(=O)c1ccoc1. The Morgan fingerprint density at radius 2 is 2.43 bits per heavy atom. The summed E-state index contributed by atoms with van der Waals surface area (Å²) in [5.41, 5.74) is 0.608. The monoisotopic (exact) mass is 196 g/mol. The number of amides is 1. The van der Waals surface area contributed by atoms with Crippen LogP contribution in [0.15, 0.2) is 23.0 Å². The molecule has 4 nitrogen and oxygen atoms in total. The lowest BCUT2D eigenvalue weighted by atomic mass is 10.3. The van der Waals surface area contributed by atoms with Crippen LogP contribution in [0.3, 0.4) is 0 Å². The van der Waals surface area contributed by atoms with Crippen molar-refractivity contribution in [1.29, 1.82) is 0 Å². The molecule has 0 radical (unpaired) electrons. The molecule has 1 aromatic rings. The van der Waals surface area contributed by atoms with Gasteiger partial charge in [-0.05, 0) is 26.1 Å². The van der Waals surface area contributed by atoms with Crippen LogP contribution in [-0.4, -0.2) is 38.0 Å². The highest BCUT2D eigenvalue weighted by molar-refractivity contribution is 5.93. The summed E-state index contributed by atoms with van der Waals surface area (Å²) in [6, 6.07) is 1.68. The highest BCUT2D eigenvalue weighted by Crippen LogP contribution is 2.04. The zero-order valence-corrected chi connectivity index (χ0v) is 8.62. The second kappa shape index (κ2) is 5.44. The average Bonchev–Trinajstić information content (AvgIpc) is 2.69. The maximum absolute atomic E-state index is 11.6. The van der Waals surface area contributed by atoms with E-state index in [1.54, 1.807) is 18.0 Å². The first-order valence-corrected chi connectivity index (χ1v) is 4.68. The number of nitrogens with one attached hydrogen (secondary N) is 1. The number of carbonyl (C=O) groups is 1. The van der Waals surface area contributed by atoms with Gasteiger partial charge in [0.2, 0.25) is 0 Å². The summed E-state index contributed by atoms with van der Waals surface area (Å²) >= 11 is 0. The molecule has 0 atom stereocenters. The second-order valence-corrected chi connectivity index (χ2v) is 3.20. The molecule has 0 aromatic carbocycles. The van der Waals surface area contributed by atoms with Gasteiger partial charge in [-0.1, -0.05) is 0 Å². The lowest BCUT2D eigenvalue weighted by Gasteiger charge is -2.15. The Labute approximate surface area is 83.9 Å². The molecule has 0 spiro atoms. The van der Waals surface area contributed by atoms with Gasteiger partial charge in [0.1, 0.15) is 6.26 Å². The fourth-order valence-corrected chi connectivity index (χ4v) is 1.20. The first kappa shape index (κ1) is 10.8. The summed E-state index contributed by atoms with van der Waals surface area (Å²) in [5, 5.41) is 3.04. The van der Waals surface area contributed by atoms with Gasteiger partial charge in [0, 0.05) is 13.6 Å². The summed E-state index contributed by atoms with van der Waals surface area (Å²) < 4.78 is 4.85. The summed E-state index contributed by atoms with van der Waals surface area (Å²) in [7, 11) is 3.70. The van der Waals surface area contributed by atoms with Gasteiger partial charge >= 0.3 is 0 Å². The molecule has 0 aliphatic heterocycles. The molecule has 1 amide bonds. The highest BCUT2D eigenvalue weighted by Gasteiger charge is 2.11. The first-order valence-electron chi connectivity index (χ1n) is 4.68. The fourth-order valence-electron chi connectivity index (χ4n) is 1.20. The standard InChI is InChI=1S/C10H16N2O2/c1-11-5-3-6-12(2)10(13)9-4-7-14-8-9/h4,7-8,11H,3,5-6H2,1-2H3. The Morgan fingerprint density at radius 3 is 3.00 bits per heavy atom. The van der Waals surface area contributed by atoms with Gasteiger partial charge in [-0.25, -0.2) is 0 Å². The van der Waals surface area contributed by atoms with Gasteiger partial charge < -0.3 is 14.6 Å². The van der Waals surface area contributed by atoms with Crippen LogP contribution in [-0.2, 0) is 0 Å². The second-order valence-electron chi connectivity index (χ2n) is 3.20.